The van der Waals surface area contributed by atoms with Crippen LogP contribution < -0.4 is 10.1 Å². The number of para-hydroxylation sites is 2. The van der Waals surface area contributed by atoms with Crippen LogP contribution in [0.2, 0.25) is 5.02 Å². The molecule has 0 spiro atoms. The van der Waals surface area contributed by atoms with Gasteiger partial charge in [0.05, 0.1) is 30.1 Å². The second-order valence-corrected chi connectivity index (χ2v) is 10.1. The van der Waals surface area contributed by atoms with E-state index >= 15 is 0 Å². The zero-order valence-electron chi connectivity index (χ0n) is 21.9. The highest BCUT2D eigenvalue weighted by atomic mass is 35.5. The molecule has 2 atom stereocenters. The van der Waals surface area contributed by atoms with Gasteiger partial charge in [0.2, 0.25) is 5.91 Å². The first-order valence-corrected chi connectivity index (χ1v) is 13.5. The van der Waals surface area contributed by atoms with Crippen LogP contribution >= 0.6 is 11.6 Å². The van der Waals surface area contributed by atoms with E-state index in [1.165, 1.54) is 5.56 Å². The Morgan fingerprint density at radius 2 is 1.73 bits per heavy atom. The molecule has 4 aromatic rings. The number of nitrogens with one attached hydrogen (secondary N) is 1. The predicted molar refractivity (Wildman–Crippen MR) is 151 cm³/mol. The van der Waals surface area contributed by atoms with Crippen LogP contribution in [0.15, 0.2) is 72.8 Å². The molecule has 1 heterocycles. The molecule has 37 heavy (non-hydrogen) atoms. The Kier molecular flexibility index (Phi) is 9.24. The third kappa shape index (κ3) is 7.14. The van der Waals surface area contributed by atoms with Gasteiger partial charge in [0.25, 0.3) is 0 Å². The molecular weight excluding hydrogens is 482 g/mol. The molecule has 0 saturated carbocycles. The third-order valence-corrected chi connectivity index (χ3v) is 7.09. The van der Waals surface area contributed by atoms with Crippen LogP contribution in [0, 0.1) is 0 Å². The van der Waals surface area contributed by atoms with Gasteiger partial charge in [0, 0.05) is 11.6 Å². The molecule has 2 unspecified atom stereocenters. The topological polar surface area (TPSA) is 56.1 Å². The minimum atomic E-state index is -0.215. The van der Waals surface area contributed by atoms with E-state index in [4.69, 9.17) is 21.3 Å². The van der Waals surface area contributed by atoms with Crippen molar-refractivity contribution in [2.45, 2.75) is 65.0 Å². The van der Waals surface area contributed by atoms with Gasteiger partial charge in [-0.2, -0.15) is 0 Å². The van der Waals surface area contributed by atoms with E-state index in [0.29, 0.717) is 24.0 Å². The van der Waals surface area contributed by atoms with E-state index in [0.717, 1.165) is 54.0 Å². The Morgan fingerprint density at radius 1 is 1.00 bits per heavy atom. The molecule has 0 radical (unpaired) electrons. The lowest BCUT2D eigenvalue weighted by molar-refractivity contribution is -0.121. The molecular formula is C31H36ClN3O2. The Morgan fingerprint density at radius 3 is 2.46 bits per heavy atom. The summed E-state index contributed by atoms with van der Waals surface area (Å²) in [5, 5.41) is 3.78. The van der Waals surface area contributed by atoms with E-state index in [9.17, 15) is 4.79 Å². The van der Waals surface area contributed by atoms with E-state index in [1.807, 2.05) is 37.3 Å². The van der Waals surface area contributed by atoms with E-state index in [-0.39, 0.29) is 11.9 Å². The van der Waals surface area contributed by atoms with Crippen molar-refractivity contribution in [3.63, 3.8) is 0 Å². The Hall–Kier alpha value is -3.31. The first-order valence-electron chi connectivity index (χ1n) is 13.2. The first kappa shape index (κ1) is 26.7. The number of fused-ring (bicyclic) bond motifs is 1. The predicted octanol–water partition coefficient (Wildman–Crippen LogP) is 7.48. The van der Waals surface area contributed by atoms with Gasteiger partial charge < -0.3 is 14.6 Å². The van der Waals surface area contributed by atoms with E-state index in [2.05, 4.69) is 54.1 Å². The summed E-state index contributed by atoms with van der Waals surface area (Å²) in [6.07, 6.45) is 3.31. The van der Waals surface area contributed by atoms with Gasteiger partial charge in [0.15, 0.2) is 0 Å². The highest BCUT2D eigenvalue weighted by molar-refractivity contribution is 6.30. The maximum Gasteiger partial charge on any atom is 0.224 e. The standard InChI is InChI=1S/C31H36ClN3O2/c1-4-22(2)25-13-17-27(18-14-25)37-20-8-7-19-35-29-10-6-5-9-28(29)34-31(35)23(3)33-30(36)21-24-11-15-26(32)16-12-24/h5-6,9-18,22-23H,4,7-8,19-21H2,1-3H3,(H,33,36). The molecule has 0 aliphatic heterocycles. The van der Waals surface area contributed by atoms with E-state index in [1.54, 1.807) is 12.1 Å². The number of aryl methyl sites for hydroxylation is 1. The normalized spacial score (nSPS) is 12.9. The van der Waals surface area contributed by atoms with Crippen LogP contribution in [-0.2, 0) is 17.8 Å². The fourth-order valence-corrected chi connectivity index (χ4v) is 4.62. The van der Waals surface area contributed by atoms with Crippen LogP contribution in [0.25, 0.3) is 11.0 Å². The molecule has 0 aliphatic carbocycles. The summed E-state index contributed by atoms with van der Waals surface area (Å²) in [4.78, 5) is 17.6. The number of nitrogens with zero attached hydrogens (tertiary/aromatic N) is 2. The summed E-state index contributed by atoms with van der Waals surface area (Å²) < 4.78 is 8.21. The van der Waals surface area contributed by atoms with Crippen LogP contribution in [0.3, 0.4) is 0 Å². The fourth-order valence-electron chi connectivity index (χ4n) is 4.49. The first-order chi connectivity index (χ1) is 17.9. The molecule has 5 nitrogen and oxygen atoms in total. The number of unbranched alkanes of at least 4 members (excludes halogenated alkanes) is 1. The lowest BCUT2D eigenvalue weighted by Crippen LogP contribution is -2.30. The number of aromatic nitrogens is 2. The van der Waals surface area contributed by atoms with Crippen molar-refractivity contribution in [2.24, 2.45) is 0 Å². The van der Waals surface area contributed by atoms with E-state index < -0.39 is 0 Å². The second kappa shape index (κ2) is 12.8. The molecule has 0 bridgehead atoms. The molecule has 194 valence electrons. The molecule has 4 rings (SSSR count). The number of amides is 1. The molecule has 6 heteroatoms. The Bertz CT molecular complexity index is 1300. The summed E-state index contributed by atoms with van der Waals surface area (Å²) in [5.74, 6) is 2.31. The Balaban J connectivity index is 1.34. The van der Waals surface area contributed by atoms with Crippen molar-refractivity contribution in [3.8, 4) is 5.75 Å². The molecule has 0 fully saturated rings. The average molecular weight is 518 g/mol. The number of benzene rings is 3. The van der Waals surface area contributed by atoms with Crippen molar-refractivity contribution < 1.29 is 9.53 Å². The van der Waals surface area contributed by atoms with Crippen LogP contribution in [0.4, 0.5) is 0 Å². The summed E-state index contributed by atoms with van der Waals surface area (Å²) in [7, 11) is 0. The van der Waals surface area contributed by atoms with Crippen molar-refractivity contribution >= 4 is 28.5 Å². The minimum absolute atomic E-state index is 0.0406. The van der Waals surface area contributed by atoms with Crippen molar-refractivity contribution in [1.82, 2.24) is 14.9 Å². The largest absolute Gasteiger partial charge is 0.494 e. The monoisotopic (exact) mass is 517 g/mol. The smallest absolute Gasteiger partial charge is 0.224 e. The fraction of sp³-hybridized carbons (Fsp3) is 0.355. The van der Waals surface area contributed by atoms with Crippen molar-refractivity contribution in [1.29, 1.82) is 0 Å². The zero-order chi connectivity index (χ0) is 26.2. The number of carbonyl (C=O) groups is 1. The molecule has 1 N–H and O–H groups in total. The molecule has 3 aromatic carbocycles. The summed E-state index contributed by atoms with van der Waals surface area (Å²) in [5.41, 5.74) is 4.30. The quantitative estimate of drug-likeness (QED) is 0.198. The number of halogens is 1. The third-order valence-electron chi connectivity index (χ3n) is 6.83. The number of rotatable bonds is 12. The highest BCUT2D eigenvalue weighted by Gasteiger charge is 2.18. The van der Waals surface area contributed by atoms with Gasteiger partial charge in [-0.25, -0.2) is 4.98 Å². The lowest BCUT2D eigenvalue weighted by atomic mass is 9.99. The average Bonchev–Trinajstić information content (AvgIpc) is 3.28. The van der Waals surface area contributed by atoms with Crippen LogP contribution in [-0.4, -0.2) is 22.1 Å². The van der Waals surface area contributed by atoms with Crippen LogP contribution in [0.5, 0.6) is 5.75 Å². The molecule has 1 amide bonds. The van der Waals surface area contributed by atoms with Crippen molar-refractivity contribution in [2.75, 3.05) is 6.61 Å². The van der Waals surface area contributed by atoms with Gasteiger partial charge in [0.1, 0.15) is 11.6 Å². The maximum absolute atomic E-state index is 12.7. The van der Waals surface area contributed by atoms with Gasteiger partial charge in [-0.05, 0) is 79.6 Å². The minimum Gasteiger partial charge on any atom is -0.494 e. The lowest BCUT2D eigenvalue weighted by Gasteiger charge is -2.17. The number of imidazole rings is 1. The number of hydrogen-bond donors (Lipinski definition) is 1. The number of hydrogen-bond acceptors (Lipinski definition) is 3. The summed E-state index contributed by atoms with van der Waals surface area (Å²) >= 11 is 5.96. The summed E-state index contributed by atoms with van der Waals surface area (Å²) in [6, 6.07) is 23.7. The summed E-state index contributed by atoms with van der Waals surface area (Å²) in [6.45, 7) is 7.92. The maximum atomic E-state index is 12.7. The number of carbonyl (C=O) groups excluding carboxylic acids is 1. The Labute approximate surface area is 224 Å². The second-order valence-electron chi connectivity index (χ2n) is 9.64. The van der Waals surface area contributed by atoms with Gasteiger partial charge in [-0.3, -0.25) is 4.79 Å². The van der Waals surface area contributed by atoms with Gasteiger partial charge >= 0.3 is 0 Å². The van der Waals surface area contributed by atoms with Gasteiger partial charge in [-0.1, -0.05) is 61.8 Å². The molecule has 0 saturated heterocycles. The van der Waals surface area contributed by atoms with Gasteiger partial charge in [-0.15, -0.1) is 0 Å². The molecule has 0 aliphatic rings. The number of ether oxygens (including phenoxy) is 1. The highest BCUT2D eigenvalue weighted by Crippen LogP contribution is 2.23. The zero-order valence-corrected chi connectivity index (χ0v) is 22.7. The molecule has 1 aromatic heterocycles. The van der Waals surface area contributed by atoms with Crippen molar-refractivity contribution in [3.05, 3.63) is 94.8 Å². The van der Waals surface area contributed by atoms with Crippen LogP contribution in [0.1, 0.15) is 68.9 Å². The SMILES string of the molecule is CCC(C)c1ccc(OCCCCn2c(C(C)NC(=O)Cc3ccc(Cl)cc3)nc3ccccc32)cc1.